The van der Waals surface area contributed by atoms with Gasteiger partial charge in [-0.15, -0.1) is 17.9 Å². The van der Waals surface area contributed by atoms with Gasteiger partial charge in [0.1, 0.15) is 18.9 Å². The molecule has 0 saturated heterocycles. The lowest BCUT2D eigenvalue weighted by atomic mass is 10.00. The van der Waals surface area contributed by atoms with Crippen molar-refractivity contribution in [2.45, 2.75) is 26.3 Å². The molecule has 176 valence electrons. The van der Waals surface area contributed by atoms with Crippen LogP contribution in [-0.4, -0.2) is 47.9 Å². The largest absolute Gasteiger partial charge is 0.491 e. The van der Waals surface area contributed by atoms with Crippen molar-refractivity contribution in [2.75, 3.05) is 26.2 Å². The SMILES string of the molecule is C=CCN(CC(=O)N1CCc2sccc2[C@H]1COc1ccc(C)cc1C)C(=O)c1ccccc1. The summed E-state index contributed by atoms with van der Waals surface area (Å²) in [4.78, 5) is 31.3. The van der Waals surface area contributed by atoms with Crippen molar-refractivity contribution in [1.29, 1.82) is 0 Å². The second kappa shape index (κ2) is 10.7. The molecule has 1 atom stereocenters. The van der Waals surface area contributed by atoms with Crippen LogP contribution in [0.3, 0.4) is 0 Å². The maximum Gasteiger partial charge on any atom is 0.254 e. The van der Waals surface area contributed by atoms with Crippen LogP contribution in [0.5, 0.6) is 5.75 Å². The van der Waals surface area contributed by atoms with Crippen LogP contribution in [0.2, 0.25) is 0 Å². The molecule has 2 aromatic carbocycles. The van der Waals surface area contributed by atoms with Crippen molar-refractivity contribution in [3.8, 4) is 5.75 Å². The fraction of sp³-hybridized carbons (Fsp3) is 0.286. The molecule has 0 unspecified atom stereocenters. The molecule has 0 spiro atoms. The van der Waals surface area contributed by atoms with Crippen LogP contribution in [0.4, 0.5) is 0 Å². The van der Waals surface area contributed by atoms with E-state index in [4.69, 9.17) is 4.74 Å². The fourth-order valence-corrected chi connectivity index (χ4v) is 5.33. The number of carbonyl (C=O) groups is 2. The van der Waals surface area contributed by atoms with E-state index in [1.165, 1.54) is 10.4 Å². The molecule has 0 aliphatic carbocycles. The van der Waals surface area contributed by atoms with Gasteiger partial charge in [-0.05, 0) is 61.0 Å². The minimum absolute atomic E-state index is 0.000717. The van der Waals surface area contributed by atoms with Crippen LogP contribution in [0.25, 0.3) is 0 Å². The second-order valence-corrected chi connectivity index (χ2v) is 9.57. The van der Waals surface area contributed by atoms with Crippen molar-refractivity contribution in [2.24, 2.45) is 0 Å². The van der Waals surface area contributed by atoms with E-state index >= 15 is 0 Å². The van der Waals surface area contributed by atoms with Gasteiger partial charge in [0.2, 0.25) is 5.91 Å². The smallest absolute Gasteiger partial charge is 0.254 e. The van der Waals surface area contributed by atoms with E-state index in [1.807, 2.05) is 42.2 Å². The third kappa shape index (κ3) is 5.23. The van der Waals surface area contributed by atoms with Crippen LogP contribution >= 0.6 is 11.3 Å². The summed E-state index contributed by atoms with van der Waals surface area (Å²) >= 11 is 1.72. The van der Waals surface area contributed by atoms with Gasteiger partial charge in [0.25, 0.3) is 5.91 Å². The number of hydrogen-bond acceptors (Lipinski definition) is 4. The van der Waals surface area contributed by atoms with Crippen LogP contribution in [-0.2, 0) is 11.2 Å². The van der Waals surface area contributed by atoms with Gasteiger partial charge in [-0.2, -0.15) is 0 Å². The molecular formula is C28H30N2O3S. The highest BCUT2D eigenvalue weighted by atomic mass is 32.1. The number of aryl methyl sites for hydroxylation is 2. The fourth-order valence-electron chi connectivity index (χ4n) is 4.40. The van der Waals surface area contributed by atoms with Gasteiger partial charge in [-0.3, -0.25) is 9.59 Å². The lowest BCUT2D eigenvalue weighted by Crippen LogP contribution is -2.47. The number of nitrogens with zero attached hydrogens (tertiary/aromatic N) is 2. The third-order valence-corrected chi connectivity index (χ3v) is 7.12. The van der Waals surface area contributed by atoms with Gasteiger partial charge in [0.15, 0.2) is 0 Å². The molecule has 0 bridgehead atoms. The predicted molar refractivity (Wildman–Crippen MR) is 136 cm³/mol. The summed E-state index contributed by atoms with van der Waals surface area (Å²) in [6.07, 6.45) is 2.47. The normalized spacial score (nSPS) is 14.9. The second-order valence-electron chi connectivity index (χ2n) is 8.57. The minimum Gasteiger partial charge on any atom is -0.491 e. The zero-order valence-electron chi connectivity index (χ0n) is 19.7. The molecule has 5 nitrogen and oxygen atoms in total. The number of fused-ring (bicyclic) bond motifs is 1. The maximum atomic E-state index is 13.5. The van der Waals surface area contributed by atoms with Crippen LogP contribution < -0.4 is 4.74 Å². The molecule has 1 aromatic heterocycles. The highest BCUT2D eigenvalue weighted by Gasteiger charge is 2.33. The summed E-state index contributed by atoms with van der Waals surface area (Å²) < 4.78 is 6.22. The van der Waals surface area contributed by atoms with Gasteiger partial charge in [0.05, 0.1) is 6.04 Å². The van der Waals surface area contributed by atoms with Crippen LogP contribution in [0, 0.1) is 13.8 Å². The summed E-state index contributed by atoms with van der Waals surface area (Å²) in [6.45, 7) is 9.14. The molecule has 2 heterocycles. The average Bonchev–Trinajstić information content (AvgIpc) is 3.32. The number of benzene rings is 2. The Labute approximate surface area is 205 Å². The van der Waals surface area contributed by atoms with Gasteiger partial charge in [0, 0.05) is 23.5 Å². The van der Waals surface area contributed by atoms with E-state index < -0.39 is 0 Å². The molecule has 1 aliphatic heterocycles. The van der Waals surface area contributed by atoms with Crippen LogP contribution in [0.1, 0.15) is 38.0 Å². The average molecular weight is 475 g/mol. The molecule has 34 heavy (non-hydrogen) atoms. The maximum absolute atomic E-state index is 13.5. The van der Waals surface area contributed by atoms with Gasteiger partial charge in [-0.1, -0.05) is 42.0 Å². The molecule has 6 heteroatoms. The van der Waals surface area contributed by atoms with E-state index in [1.54, 1.807) is 34.4 Å². The number of amides is 2. The van der Waals surface area contributed by atoms with Crippen molar-refractivity contribution in [3.63, 3.8) is 0 Å². The number of hydrogen-bond donors (Lipinski definition) is 0. The van der Waals surface area contributed by atoms with Gasteiger partial charge >= 0.3 is 0 Å². The van der Waals surface area contributed by atoms with Crippen molar-refractivity contribution in [1.82, 2.24) is 9.80 Å². The van der Waals surface area contributed by atoms with Gasteiger partial charge in [-0.25, -0.2) is 0 Å². The monoisotopic (exact) mass is 474 g/mol. The first-order chi connectivity index (χ1) is 16.5. The Morgan fingerprint density at radius 3 is 2.71 bits per heavy atom. The molecule has 0 saturated carbocycles. The molecule has 0 N–H and O–H groups in total. The van der Waals surface area contributed by atoms with E-state index in [-0.39, 0.29) is 24.4 Å². The van der Waals surface area contributed by atoms with E-state index in [2.05, 4.69) is 31.0 Å². The third-order valence-electron chi connectivity index (χ3n) is 6.13. The van der Waals surface area contributed by atoms with Crippen LogP contribution in [0.15, 0.2) is 72.6 Å². The lowest BCUT2D eigenvalue weighted by molar-refractivity contribution is -0.135. The number of thiophene rings is 1. The van der Waals surface area contributed by atoms with E-state index in [0.29, 0.717) is 25.3 Å². The molecule has 4 rings (SSSR count). The Hall–Kier alpha value is -3.38. The Balaban J connectivity index is 1.53. The Kier molecular flexibility index (Phi) is 7.48. The Morgan fingerprint density at radius 2 is 1.97 bits per heavy atom. The number of rotatable bonds is 8. The molecule has 0 radical (unpaired) electrons. The quantitative estimate of drug-likeness (QED) is 0.422. The first kappa shape index (κ1) is 23.8. The standard InChI is InChI=1S/C28H30N2O3S/c1-4-14-29(28(32)22-8-6-5-7-9-22)18-27(31)30-15-12-26-23(13-16-34-26)24(30)19-33-25-11-10-20(2)17-21(25)3/h4-11,13,16-17,24H,1,12,14-15,18-19H2,2-3H3/t24-/m1/s1. The Bertz CT molecular complexity index is 1170. The van der Waals surface area contributed by atoms with Crippen molar-refractivity contribution >= 4 is 23.2 Å². The lowest BCUT2D eigenvalue weighted by Gasteiger charge is -2.37. The molecule has 2 amide bonds. The van der Waals surface area contributed by atoms with Crippen molar-refractivity contribution < 1.29 is 14.3 Å². The minimum atomic E-state index is -0.194. The first-order valence-corrected chi connectivity index (χ1v) is 12.4. The zero-order valence-corrected chi connectivity index (χ0v) is 20.5. The van der Waals surface area contributed by atoms with E-state index in [9.17, 15) is 9.59 Å². The molecule has 3 aromatic rings. The predicted octanol–water partition coefficient (Wildman–Crippen LogP) is 5.20. The summed E-state index contributed by atoms with van der Waals surface area (Å²) in [5, 5.41) is 2.08. The molecular weight excluding hydrogens is 444 g/mol. The Morgan fingerprint density at radius 1 is 1.18 bits per heavy atom. The topological polar surface area (TPSA) is 49.9 Å². The summed E-state index contributed by atoms with van der Waals surface area (Å²) in [5.41, 5.74) is 3.96. The highest BCUT2D eigenvalue weighted by Crippen LogP contribution is 2.34. The number of ether oxygens (including phenoxy) is 1. The zero-order chi connectivity index (χ0) is 24.1. The van der Waals surface area contributed by atoms with Crippen molar-refractivity contribution in [3.05, 3.63) is 99.8 Å². The summed E-state index contributed by atoms with van der Waals surface area (Å²) in [6, 6.07) is 17.1. The highest BCUT2D eigenvalue weighted by molar-refractivity contribution is 7.10. The summed E-state index contributed by atoms with van der Waals surface area (Å²) in [7, 11) is 0. The molecule has 1 aliphatic rings. The van der Waals surface area contributed by atoms with Gasteiger partial charge < -0.3 is 14.5 Å². The summed E-state index contributed by atoms with van der Waals surface area (Å²) in [5.74, 6) is 0.565. The van der Waals surface area contributed by atoms with E-state index in [0.717, 1.165) is 23.3 Å². The first-order valence-electron chi connectivity index (χ1n) is 11.5. The number of carbonyl (C=O) groups excluding carboxylic acids is 2. The molecule has 0 fully saturated rings.